The Bertz CT molecular complexity index is 495. The monoisotopic (exact) mass is 220 g/mol. The third-order valence-electron chi connectivity index (χ3n) is 2.64. The first kappa shape index (κ1) is 8.91. The molecular weight excluding hydrogens is 208 g/mol. The Morgan fingerprint density at radius 2 is 2.33 bits per heavy atom. The summed E-state index contributed by atoms with van der Waals surface area (Å²) in [6.07, 6.45) is 4.27. The van der Waals surface area contributed by atoms with E-state index in [0.29, 0.717) is 6.04 Å². The van der Waals surface area contributed by atoms with E-state index in [1.807, 2.05) is 0 Å². The molecule has 1 fully saturated rings. The Morgan fingerprint density at radius 1 is 1.53 bits per heavy atom. The first-order chi connectivity index (χ1) is 7.25. The van der Waals surface area contributed by atoms with Crippen LogP contribution in [-0.4, -0.2) is 14.8 Å². The standard InChI is InChI=1S/C10H12N4S/c1-6-4-8(9(11)15-6)10-13-12-5-14(10)7-2-3-7/h4-5,7H,2-3,11H2,1H3. The van der Waals surface area contributed by atoms with Crippen LogP contribution >= 0.6 is 11.3 Å². The molecule has 0 aliphatic heterocycles. The Kier molecular flexibility index (Phi) is 1.82. The van der Waals surface area contributed by atoms with Crippen molar-refractivity contribution in [2.45, 2.75) is 25.8 Å². The highest BCUT2D eigenvalue weighted by Gasteiger charge is 2.27. The molecule has 1 aliphatic carbocycles. The number of thiophene rings is 1. The van der Waals surface area contributed by atoms with E-state index in [9.17, 15) is 0 Å². The average molecular weight is 220 g/mol. The van der Waals surface area contributed by atoms with Gasteiger partial charge in [0.2, 0.25) is 0 Å². The molecular formula is C10H12N4S. The number of nitrogens with zero attached hydrogens (tertiary/aromatic N) is 3. The molecule has 0 saturated heterocycles. The Balaban J connectivity index is 2.11. The van der Waals surface area contributed by atoms with E-state index in [-0.39, 0.29) is 0 Å². The van der Waals surface area contributed by atoms with Crippen LogP contribution < -0.4 is 5.73 Å². The second-order valence-electron chi connectivity index (χ2n) is 3.93. The van der Waals surface area contributed by atoms with Crippen LogP contribution in [0.15, 0.2) is 12.4 Å². The lowest BCUT2D eigenvalue weighted by Gasteiger charge is -2.02. The molecule has 2 heterocycles. The number of hydrogen-bond donors (Lipinski definition) is 1. The van der Waals surface area contributed by atoms with Crippen molar-refractivity contribution < 1.29 is 0 Å². The minimum Gasteiger partial charge on any atom is -0.390 e. The maximum absolute atomic E-state index is 5.96. The van der Waals surface area contributed by atoms with Crippen molar-refractivity contribution in [3.63, 3.8) is 0 Å². The number of nitrogens with two attached hydrogens (primary N) is 1. The van der Waals surface area contributed by atoms with E-state index in [1.54, 1.807) is 17.7 Å². The van der Waals surface area contributed by atoms with Gasteiger partial charge in [0.05, 0.1) is 10.6 Å². The molecule has 0 bridgehead atoms. The number of nitrogen functional groups attached to an aromatic ring is 1. The zero-order chi connectivity index (χ0) is 10.4. The summed E-state index contributed by atoms with van der Waals surface area (Å²) >= 11 is 1.60. The maximum atomic E-state index is 5.96. The van der Waals surface area contributed by atoms with Gasteiger partial charge in [0, 0.05) is 10.9 Å². The Labute approximate surface area is 91.7 Å². The molecule has 2 aromatic heterocycles. The van der Waals surface area contributed by atoms with Gasteiger partial charge in [-0.25, -0.2) is 0 Å². The van der Waals surface area contributed by atoms with Crippen LogP contribution in [0.25, 0.3) is 11.4 Å². The molecule has 1 saturated carbocycles. The van der Waals surface area contributed by atoms with Crippen molar-refractivity contribution in [3.05, 3.63) is 17.3 Å². The Hall–Kier alpha value is -1.36. The fourth-order valence-electron chi connectivity index (χ4n) is 1.76. The lowest BCUT2D eigenvalue weighted by atomic mass is 10.2. The summed E-state index contributed by atoms with van der Waals surface area (Å²) in [6, 6.07) is 2.68. The minimum absolute atomic E-state index is 0.592. The normalized spacial score (nSPS) is 15.8. The van der Waals surface area contributed by atoms with Gasteiger partial charge in [0.15, 0.2) is 5.82 Å². The average Bonchev–Trinajstić information content (AvgIpc) is 2.83. The predicted octanol–water partition coefficient (Wildman–Crippen LogP) is 2.23. The molecule has 4 nitrogen and oxygen atoms in total. The highest BCUT2D eigenvalue weighted by atomic mass is 32.1. The van der Waals surface area contributed by atoms with Gasteiger partial charge in [0.1, 0.15) is 6.33 Å². The Morgan fingerprint density at radius 3 is 2.93 bits per heavy atom. The van der Waals surface area contributed by atoms with Crippen molar-refractivity contribution in [2.24, 2.45) is 0 Å². The largest absolute Gasteiger partial charge is 0.390 e. The SMILES string of the molecule is Cc1cc(-c2nncn2C2CC2)c(N)s1. The summed E-state index contributed by atoms with van der Waals surface area (Å²) in [7, 11) is 0. The molecule has 0 radical (unpaired) electrons. The molecule has 1 aliphatic rings. The van der Waals surface area contributed by atoms with Crippen LogP contribution in [0.2, 0.25) is 0 Å². The molecule has 0 unspecified atom stereocenters. The van der Waals surface area contributed by atoms with Gasteiger partial charge < -0.3 is 10.3 Å². The topological polar surface area (TPSA) is 56.7 Å². The predicted molar refractivity (Wildman–Crippen MR) is 60.8 cm³/mol. The van der Waals surface area contributed by atoms with Crippen LogP contribution in [-0.2, 0) is 0 Å². The van der Waals surface area contributed by atoms with Crippen molar-refractivity contribution in [1.82, 2.24) is 14.8 Å². The van der Waals surface area contributed by atoms with E-state index in [0.717, 1.165) is 16.4 Å². The zero-order valence-corrected chi connectivity index (χ0v) is 9.29. The second-order valence-corrected chi connectivity index (χ2v) is 5.22. The van der Waals surface area contributed by atoms with Gasteiger partial charge >= 0.3 is 0 Å². The highest BCUT2D eigenvalue weighted by Crippen LogP contribution is 2.40. The number of aromatic nitrogens is 3. The number of aryl methyl sites for hydroxylation is 1. The zero-order valence-electron chi connectivity index (χ0n) is 8.47. The van der Waals surface area contributed by atoms with Crippen LogP contribution in [0.4, 0.5) is 5.00 Å². The third-order valence-corrected chi connectivity index (χ3v) is 3.52. The fraction of sp³-hybridized carbons (Fsp3) is 0.400. The number of hydrogen-bond acceptors (Lipinski definition) is 4. The quantitative estimate of drug-likeness (QED) is 0.844. The van der Waals surface area contributed by atoms with Gasteiger partial charge in [-0.1, -0.05) is 0 Å². The maximum Gasteiger partial charge on any atom is 0.166 e. The molecule has 0 amide bonds. The number of anilines is 1. The summed E-state index contributed by atoms with van der Waals surface area (Å²) in [5, 5.41) is 8.97. The van der Waals surface area contributed by atoms with E-state index in [4.69, 9.17) is 5.73 Å². The first-order valence-electron chi connectivity index (χ1n) is 5.01. The van der Waals surface area contributed by atoms with Crippen molar-refractivity contribution in [1.29, 1.82) is 0 Å². The minimum atomic E-state index is 0.592. The van der Waals surface area contributed by atoms with Crippen LogP contribution in [0.5, 0.6) is 0 Å². The molecule has 0 spiro atoms. The van der Waals surface area contributed by atoms with Gasteiger partial charge in [-0.2, -0.15) is 0 Å². The van der Waals surface area contributed by atoms with Gasteiger partial charge in [-0.3, -0.25) is 0 Å². The summed E-state index contributed by atoms with van der Waals surface area (Å²) < 4.78 is 2.14. The molecule has 2 aromatic rings. The lowest BCUT2D eigenvalue weighted by Crippen LogP contribution is -1.96. The summed E-state index contributed by atoms with van der Waals surface area (Å²) in [5.74, 6) is 0.916. The molecule has 0 atom stereocenters. The summed E-state index contributed by atoms with van der Waals surface area (Å²) in [4.78, 5) is 1.22. The third kappa shape index (κ3) is 1.43. The smallest absolute Gasteiger partial charge is 0.166 e. The van der Waals surface area contributed by atoms with Crippen LogP contribution in [0, 0.1) is 6.92 Å². The molecule has 0 aromatic carbocycles. The first-order valence-corrected chi connectivity index (χ1v) is 5.83. The van der Waals surface area contributed by atoms with Gasteiger partial charge in [-0.15, -0.1) is 21.5 Å². The molecule has 15 heavy (non-hydrogen) atoms. The van der Waals surface area contributed by atoms with Gasteiger partial charge in [-0.05, 0) is 25.8 Å². The van der Waals surface area contributed by atoms with Gasteiger partial charge in [0.25, 0.3) is 0 Å². The van der Waals surface area contributed by atoms with E-state index in [2.05, 4.69) is 27.8 Å². The van der Waals surface area contributed by atoms with E-state index >= 15 is 0 Å². The molecule has 78 valence electrons. The summed E-state index contributed by atoms with van der Waals surface area (Å²) in [5.41, 5.74) is 6.99. The molecule has 3 rings (SSSR count). The van der Waals surface area contributed by atoms with E-state index < -0.39 is 0 Å². The van der Waals surface area contributed by atoms with Crippen molar-refractivity contribution in [3.8, 4) is 11.4 Å². The second kappa shape index (κ2) is 3.06. The number of rotatable bonds is 2. The fourth-order valence-corrected chi connectivity index (χ4v) is 2.55. The van der Waals surface area contributed by atoms with Crippen molar-refractivity contribution in [2.75, 3.05) is 5.73 Å². The molecule has 5 heteroatoms. The lowest BCUT2D eigenvalue weighted by molar-refractivity contribution is 0.746. The summed E-state index contributed by atoms with van der Waals surface area (Å²) in [6.45, 7) is 2.06. The molecule has 2 N–H and O–H groups in total. The van der Waals surface area contributed by atoms with E-state index in [1.165, 1.54) is 17.7 Å². The van der Waals surface area contributed by atoms with Crippen LogP contribution in [0.1, 0.15) is 23.8 Å². The van der Waals surface area contributed by atoms with Crippen molar-refractivity contribution >= 4 is 16.3 Å². The highest BCUT2D eigenvalue weighted by molar-refractivity contribution is 7.16. The van der Waals surface area contributed by atoms with Crippen LogP contribution in [0.3, 0.4) is 0 Å².